The van der Waals surface area contributed by atoms with E-state index >= 15 is 0 Å². The number of carbonyl (C=O) groups is 3. The number of carboxylic acid groups (broad SMARTS) is 1. The van der Waals surface area contributed by atoms with Crippen molar-refractivity contribution >= 4 is 39.5 Å². The predicted octanol–water partition coefficient (Wildman–Crippen LogP) is 2.72. The zero-order chi connectivity index (χ0) is 18.1. The van der Waals surface area contributed by atoms with Gasteiger partial charge in [-0.15, -0.1) is 0 Å². The fourth-order valence-corrected chi connectivity index (χ4v) is 2.29. The maximum Gasteiger partial charge on any atom is 0.326 e. The molecule has 2 unspecified atom stereocenters. The number of anilines is 1. The molecule has 7 nitrogen and oxygen atoms in total. The molecule has 1 aromatic rings. The molecule has 0 fully saturated rings. The Bertz CT molecular complexity index is 577. The van der Waals surface area contributed by atoms with Crippen LogP contribution < -0.4 is 16.0 Å². The third-order valence-corrected chi connectivity index (χ3v) is 3.85. The van der Waals surface area contributed by atoms with E-state index in [2.05, 4.69) is 31.9 Å². The highest BCUT2D eigenvalue weighted by atomic mass is 79.9. The lowest BCUT2D eigenvalue weighted by Crippen LogP contribution is -2.52. The van der Waals surface area contributed by atoms with Crippen LogP contribution in [0.1, 0.15) is 33.1 Å². The Morgan fingerprint density at radius 1 is 1.08 bits per heavy atom. The van der Waals surface area contributed by atoms with Crippen LogP contribution in [0.3, 0.4) is 0 Å². The van der Waals surface area contributed by atoms with Gasteiger partial charge in [-0.1, -0.05) is 36.2 Å². The van der Waals surface area contributed by atoms with Gasteiger partial charge in [-0.25, -0.2) is 9.59 Å². The van der Waals surface area contributed by atoms with Gasteiger partial charge >= 0.3 is 12.0 Å². The first-order chi connectivity index (χ1) is 11.4. The van der Waals surface area contributed by atoms with Crippen molar-refractivity contribution in [2.75, 3.05) is 5.32 Å². The minimum Gasteiger partial charge on any atom is -0.480 e. The van der Waals surface area contributed by atoms with E-state index in [0.29, 0.717) is 18.5 Å². The summed E-state index contributed by atoms with van der Waals surface area (Å²) >= 11 is 3.30. The number of carboxylic acids is 1. The Morgan fingerprint density at radius 2 is 1.71 bits per heavy atom. The lowest BCUT2D eigenvalue weighted by Gasteiger charge is -2.20. The van der Waals surface area contributed by atoms with Crippen molar-refractivity contribution in [2.24, 2.45) is 0 Å². The van der Waals surface area contributed by atoms with E-state index < -0.39 is 30.0 Å². The van der Waals surface area contributed by atoms with Gasteiger partial charge < -0.3 is 21.1 Å². The van der Waals surface area contributed by atoms with Crippen molar-refractivity contribution < 1.29 is 19.5 Å². The molecule has 0 aliphatic carbocycles. The Hall–Kier alpha value is -2.09. The van der Waals surface area contributed by atoms with Gasteiger partial charge in [0.1, 0.15) is 12.1 Å². The van der Waals surface area contributed by atoms with Crippen LogP contribution in [0.25, 0.3) is 0 Å². The quantitative estimate of drug-likeness (QED) is 0.538. The first-order valence-corrected chi connectivity index (χ1v) is 8.52. The van der Waals surface area contributed by atoms with Gasteiger partial charge in [0, 0.05) is 10.2 Å². The molecule has 0 aliphatic rings. The molecule has 3 amide bonds. The molecule has 0 aliphatic heterocycles. The average Bonchev–Trinajstić information content (AvgIpc) is 2.53. The van der Waals surface area contributed by atoms with Gasteiger partial charge in [-0.3, -0.25) is 4.79 Å². The molecule has 8 heteroatoms. The maximum atomic E-state index is 12.2. The van der Waals surface area contributed by atoms with Crippen LogP contribution in [-0.2, 0) is 9.59 Å². The number of rotatable bonds is 8. The highest BCUT2D eigenvalue weighted by Crippen LogP contribution is 2.14. The lowest BCUT2D eigenvalue weighted by molar-refractivity contribution is -0.142. The van der Waals surface area contributed by atoms with Crippen LogP contribution in [0.2, 0.25) is 0 Å². The van der Waals surface area contributed by atoms with Crippen molar-refractivity contribution in [2.45, 2.75) is 45.2 Å². The smallest absolute Gasteiger partial charge is 0.326 e. The van der Waals surface area contributed by atoms with Crippen molar-refractivity contribution in [3.63, 3.8) is 0 Å². The molecule has 24 heavy (non-hydrogen) atoms. The van der Waals surface area contributed by atoms with Gasteiger partial charge in [-0.05, 0) is 37.1 Å². The van der Waals surface area contributed by atoms with E-state index in [0.717, 1.165) is 4.47 Å². The topological polar surface area (TPSA) is 108 Å². The second-order valence-corrected chi connectivity index (χ2v) is 6.17. The lowest BCUT2D eigenvalue weighted by atomic mass is 10.1. The second kappa shape index (κ2) is 9.92. The molecule has 0 saturated carbocycles. The van der Waals surface area contributed by atoms with Crippen LogP contribution >= 0.6 is 15.9 Å². The van der Waals surface area contributed by atoms with Gasteiger partial charge in [-0.2, -0.15) is 0 Å². The van der Waals surface area contributed by atoms with Crippen LogP contribution in [0.5, 0.6) is 0 Å². The zero-order valence-electron chi connectivity index (χ0n) is 13.6. The highest BCUT2D eigenvalue weighted by molar-refractivity contribution is 9.10. The minimum absolute atomic E-state index is 0.269. The minimum atomic E-state index is -1.10. The van der Waals surface area contributed by atoms with Crippen LogP contribution in [0.4, 0.5) is 10.5 Å². The van der Waals surface area contributed by atoms with E-state index in [-0.39, 0.29) is 6.42 Å². The Labute approximate surface area is 149 Å². The molecule has 0 heterocycles. The number of urea groups is 1. The summed E-state index contributed by atoms with van der Waals surface area (Å²) in [6.07, 6.45) is 1.35. The summed E-state index contributed by atoms with van der Waals surface area (Å²) in [7, 11) is 0. The Balaban J connectivity index is 2.66. The SMILES string of the molecule is CCCC(NC(=O)Nc1ccc(Br)cc1)C(=O)NC(CC)C(=O)O. The monoisotopic (exact) mass is 399 g/mol. The van der Waals surface area contributed by atoms with E-state index in [4.69, 9.17) is 5.11 Å². The normalized spacial score (nSPS) is 12.8. The maximum absolute atomic E-state index is 12.2. The third-order valence-electron chi connectivity index (χ3n) is 3.32. The third kappa shape index (κ3) is 6.57. The molecule has 0 aromatic heterocycles. The summed E-state index contributed by atoms with van der Waals surface area (Å²) in [5, 5.41) is 16.7. The zero-order valence-corrected chi connectivity index (χ0v) is 15.2. The molecule has 4 N–H and O–H groups in total. The first kappa shape index (κ1) is 20.0. The number of aliphatic carboxylic acids is 1. The molecular formula is C16H22BrN3O4. The largest absolute Gasteiger partial charge is 0.480 e. The second-order valence-electron chi connectivity index (χ2n) is 5.25. The number of amides is 3. The Morgan fingerprint density at radius 3 is 2.21 bits per heavy atom. The van der Waals surface area contributed by atoms with Crippen molar-refractivity contribution in [1.82, 2.24) is 10.6 Å². The van der Waals surface area contributed by atoms with Crippen molar-refractivity contribution in [1.29, 1.82) is 0 Å². The summed E-state index contributed by atoms with van der Waals surface area (Å²) < 4.78 is 0.885. The molecule has 132 valence electrons. The summed E-state index contributed by atoms with van der Waals surface area (Å²) in [5.41, 5.74) is 0.586. The van der Waals surface area contributed by atoms with Crippen LogP contribution in [0.15, 0.2) is 28.7 Å². The first-order valence-electron chi connectivity index (χ1n) is 7.73. The summed E-state index contributed by atoms with van der Waals surface area (Å²) in [6, 6.07) is 4.72. The number of carbonyl (C=O) groups excluding carboxylic acids is 2. The van der Waals surface area contributed by atoms with Crippen molar-refractivity contribution in [3.8, 4) is 0 Å². The van der Waals surface area contributed by atoms with Gasteiger partial charge in [0.05, 0.1) is 0 Å². The van der Waals surface area contributed by atoms with Gasteiger partial charge in [0.25, 0.3) is 0 Å². The van der Waals surface area contributed by atoms with Crippen molar-refractivity contribution in [3.05, 3.63) is 28.7 Å². The molecule has 0 spiro atoms. The fourth-order valence-electron chi connectivity index (χ4n) is 2.03. The van der Waals surface area contributed by atoms with Crippen LogP contribution in [-0.4, -0.2) is 35.1 Å². The number of benzene rings is 1. The molecule has 1 rings (SSSR count). The predicted molar refractivity (Wildman–Crippen MR) is 94.8 cm³/mol. The number of nitrogens with one attached hydrogen (secondary N) is 3. The summed E-state index contributed by atoms with van der Waals surface area (Å²) in [6.45, 7) is 3.55. The standard InChI is InChI=1S/C16H22BrN3O4/c1-3-5-13(14(21)19-12(4-2)15(22)23)20-16(24)18-11-8-6-10(17)7-9-11/h6-9,12-13H,3-5H2,1-2H3,(H,19,21)(H,22,23)(H2,18,20,24). The molecule has 0 bridgehead atoms. The Kier molecular flexibility index (Phi) is 8.25. The number of hydrogen-bond acceptors (Lipinski definition) is 3. The average molecular weight is 400 g/mol. The summed E-state index contributed by atoms with van der Waals surface area (Å²) in [4.78, 5) is 35.3. The van der Waals surface area contributed by atoms with E-state index in [1.165, 1.54) is 0 Å². The molecular weight excluding hydrogens is 378 g/mol. The molecule has 2 atom stereocenters. The fraction of sp³-hybridized carbons (Fsp3) is 0.438. The van der Waals surface area contributed by atoms with Gasteiger partial charge in [0.2, 0.25) is 5.91 Å². The summed E-state index contributed by atoms with van der Waals surface area (Å²) in [5.74, 6) is -1.60. The van der Waals surface area contributed by atoms with Gasteiger partial charge in [0.15, 0.2) is 0 Å². The number of halogens is 1. The van der Waals surface area contributed by atoms with Crippen LogP contribution in [0, 0.1) is 0 Å². The molecule has 1 aromatic carbocycles. The van der Waals surface area contributed by atoms with E-state index in [9.17, 15) is 14.4 Å². The molecule has 0 radical (unpaired) electrons. The van der Waals surface area contributed by atoms with E-state index in [1.807, 2.05) is 6.92 Å². The number of hydrogen-bond donors (Lipinski definition) is 4. The highest BCUT2D eigenvalue weighted by Gasteiger charge is 2.24. The van der Waals surface area contributed by atoms with E-state index in [1.54, 1.807) is 31.2 Å². The molecule has 0 saturated heterocycles.